The fraction of sp³-hybridized carbons (Fsp3) is 0.125. The lowest BCUT2D eigenvalue weighted by Gasteiger charge is -1.94. The van der Waals surface area contributed by atoms with E-state index in [0.29, 0.717) is 11.8 Å². The molecular formula is C16H20N2O3. The van der Waals surface area contributed by atoms with Crippen molar-refractivity contribution in [2.45, 2.75) is 0 Å². The number of para-hydroxylation sites is 2. The van der Waals surface area contributed by atoms with Gasteiger partial charge in [0.05, 0.1) is 5.56 Å². The summed E-state index contributed by atoms with van der Waals surface area (Å²) in [6.45, 7) is 0. The Bertz CT molecular complexity index is 569. The Morgan fingerprint density at radius 3 is 1.67 bits per heavy atom. The number of hydrogen-bond donors (Lipinski definition) is 3. The summed E-state index contributed by atoms with van der Waals surface area (Å²) in [4.78, 5) is 13.8. The second-order valence-electron chi connectivity index (χ2n) is 3.62. The number of carbonyl (C=O) groups excluding carboxylic acids is 1. The van der Waals surface area contributed by atoms with Crippen LogP contribution in [0.15, 0.2) is 53.5 Å². The molecule has 0 amide bonds. The molecule has 0 bridgehead atoms. The number of phenols is 2. The number of hydrogen-bond acceptors (Lipinski definition) is 5. The van der Waals surface area contributed by atoms with Crippen LogP contribution in [0.3, 0.4) is 0 Å². The Balaban J connectivity index is 0.000000342. The third-order valence-electron chi connectivity index (χ3n) is 2.27. The molecule has 4 N–H and O–H groups in total. The van der Waals surface area contributed by atoms with Crippen molar-refractivity contribution in [3.63, 3.8) is 0 Å². The standard InChI is InChI=1S/C8H9NO.C7H6O2.CH5N/c1-9-6-7-4-2-3-5-8(7)10;8-5-6-3-1-2-4-7(6)9;1-2/h2-6,10H,1H3;1-5,9H;2H2,1H3. The van der Waals surface area contributed by atoms with Crippen LogP contribution >= 0.6 is 0 Å². The molecule has 2 aromatic rings. The maximum absolute atomic E-state index is 10.1. The number of aliphatic imine (C=N–C) groups is 1. The molecule has 2 aromatic carbocycles. The van der Waals surface area contributed by atoms with Gasteiger partial charge < -0.3 is 15.9 Å². The molecule has 0 aliphatic carbocycles. The number of carbonyl (C=O) groups is 1. The fourth-order valence-electron chi connectivity index (χ4n) is 1.32. The first kappa shape index (κ1) is 18.3. The van der Waals surface area contributed by atoms with Gasteiger partial charge in [0.2, 0.25) is 0 Å². The Hall–Kier alpha value is -2.66. The monoisotopic (exact) mass is 288 g/mol. The predicted molar refractivity (Wildman–Crippen MR) is 85.2 cm³/mol. The molecule has 0 saturated heterocycles. The first-order valence-corrected chi connectivity index (χ1v) is 6.20. The van der Waals surface area contributed by atoms with E-state index < -0.39 is 0 Å². The maximum Gasteiger partial charge on any atom is 0.153 e. The Morgan fingerprint density at radius 1 is 0.905 bits per heavy atom. The van der Waals surface area contributed by atoms with Crippen molar-refractivity contribution in [2.24, 2.45) is 10.7 Å². The largest absolute Gasteiger partial charge is 0.507 e. The number of nitrogens with zero attached hydrogens (tertiary/aromatic N) is 1. The molecule has 0 radical (unpaired) electrons. The van der Waals surface area contributed by atoms with Crippen molar-refractivity contribution in [2.75, 3.05) is 14.1 Å². The van der Waals surface area contributed by atoms with E-state index in [9.17, 15) is 4.79 Å². The zero-order chi connectivity index (χ0) is 16.1. The number of benzene rings is 2. The van der Waals surface area contributed by atoms with E-state index in [2.05, 4.69) is 10.7 Å². The maximum atomic E-state index is 10.1. The molecule has 0 heterocycles. The van der Waals surface area contributed by atoms with Gasteiger partial charge in [-0.25, -0.2) is 0 Å². The van der Waals surface area contributed by atoms with Crippen molar-refractivity contribution in [1.29, 1.82) is 0 Å². The highest BCUT2D eigenvalue weighted by molar-refractivity contribution is 5.83. The summed E-state index contributed by atoms with van der Waals surface area (Å²) < 4.78 is 0. The molecular weight excluding hydrogens is 268 g/mol. The molecule has 0 aliphatic rings. The highest BCUT2D eigenvalue weighted by atomic mass is 16.3. The minimum absolute atomic E-state index is 0.0347. The van der Waals surface area contributed by atoms with Gasteiger partial charge >= 0.3 is 0 Å². The molecule has 0 aliphatic heterocycles. The zero-order valence-electron chi connectivity index (χ0n) is 12.1. The molecule has 0 fully saturated rings. The predicted octanol–water partition coefficient (Wildman–Crippen LogP) is 2.22. The van der Waals surface area contributed by atoms with Crippen LogP contribution in [0, 0.1) is 0 Å². The van der Waals surface area contributed by atoms with E-state index >= 15 is 0 Å². The van der Waals surface area contributed by atoms with Gasteiger partial charge in [-0.3, -0.25) is 9.79 Å². The number of rotatable bonds is 2. The summed E-state index contributed by atoms with van der Waals surface area (Å²) in [6, 6.07) is 13.5. The molecule has 5 heteroatoms. The van der Waals surface area contributed by atoms with E-state index in [1.54, 1.807) is 43.6 Å². The summed E-state index contributed by atoms with van der Waals surface area (Å²) in [6.07, 6.45) is 2.24. The summed E-state index contributed by atoms with van der Waals surface area (Å²) in [7, 11) is 3.17. The number of phenolic OH excluding ortho intramolecular Hbond substituents is 2. The van der Waals surface area contributed by atoms with Gasteiger partial charge in [0.15, 0.2) is 6.29 Å². The quantitative estimate of drug-likeness (QED) is 0.583. The van der Waals surface area contributed by atoms with Crippen molar-refractivity contribution in [1.82, 2.24) is 0 Å². The van der Waals surface area contributed by atoms with Crippen molar-refractivity contribution in [3.05, 3.63) is 59.7 Å². The van der Waals surface area contributed by atoms with E-state index in [1.165, 1.54) is 13.1 Å². The zero-order valence-corrected chi connectivity index (χ0v) is 12.1. The smallest absolute Gasteiger partial charge is 0.153 e. The third kappa shape index (κ3) is 6.89. The first-order chi connectivity index (χ1) is 10.2. The van der Waals surface area contributed by atoms with Gasteiger partial charge in [0.25, 0.3) is 0 Å². The molecule has 0 saturated carbocycles. The van der Waals surface area contributed by atoms with Crippen LogP contribution in [0.25, 0.3) is 0 Å². The molecule has 2 rings (SSSR count). The van der Waals surface area contributed by atoms with Gasteiger partial charge in [-0.05, 0) is 31.3 Å². The van der Waals surface area contributed by atoms with Crippen LogP contribution in [0.2, 0.25) is 0 Å². The number of nitrogens with two attached hydrogens (primary N) is 1. The molecule has 5 nitrogen and oxygen atoms in total. The lowest BCUT2D eigenvalue weighted by molar-refractivity contribution is 0.112. The molecule has 0 atom stereocenters. The lowest BCUT2D eigenvalue weighted by atomic mass is 10.2. The summed E-state index contributed by atoms with van der Waals surface area (Å²) in [5, 5.41) is 18.0. The van der Waals surface area contributed by atoms with Gasteiger partial charge in [0, 0.05) is 18.8 Å². The van der Waals surface area contributed by atoms with E-state index in [0.717, 1.165) is 5.56 Å². The summed E-state index contributed by atoms with van der Waals surface area (Å²) >= 11 is 0. The second-order valence-corrected chi connectivity index (χ2v) is 3.62. The van der Waals surface area contributed by atoms with Crippen LogP contribution in [-0.2, 0) is 0 Å². The number of aldehydes is 1. The van der Waals surface area contributed by atoms with Crippen LogP contribution < -0.4 is 5.73 Å². The van der Waals surface area contributed by atoms with Gasteiger partial charge in [-0.15, -0.1) is 0 Å². The lowest BCUT2D eigenvalue weighted by Crippen LogP contribution is -1.79. The van der Waals surface area contributed by atoms with Crippen molar-refractivity contribution in [3.8, 4) is 11.5 Å². The fourth-order valence-corrected chi connectivity index (χ4v) is 1.32. The van der Waals surface area contributed by atoms with Crippen LogP contribution in [0.4, 0.5) is 0 Å². The molecule has 21 heavy (non-hydrogen) atoms. The van der Waals surface area contributed by atoms with Crippen LogP contribution in [0.1, 0.15) is 15.9 Å². The van der Waals surface area contributed by atoms with E-state index in [1.807, 2.05) is 12.1 Å². The summed E-state index contributed by atoms with van der Waals surface area (Å²) in [5.41, 5.74) is 5.59. The summed E-state index contributed by atoms with van der Waals surface area (Å²) in [5.74, 6) is 0.306. The molecule has 0 unspecified atom stereocenters. The first-order valence-electron chi connectivity index (χ1n) is 6.20. The minimum Gasteiger partial charge on any atom is -0.507 e. The van der Waals surface area contributed by atoms with Crippen molar-refractivity contribution >= 4 is 12.5 Å². The Labute approximate surface area is 124 Å². The third-order valence-corrected chi connectivity index (χ3v) is 2.27. The average Bonchev–Trinajstić information content (AvgIpc) is 2.53. The molecule has 112 valence electrons. The Kier molecular flexibility index (Phi) is 9.77. The van der Waals surface area contributed by atoms with Crippen molar-refractivity contribution < 1.29 is 15.0 Å². The number of aromatic hydroxyl groups is 2. The average molecular weight is 288 g/mol. The SMILES string of the molecule is CN.CN=Cc1ccccc1O.O=Cc1ccccc1O. The minimum atomic E-state index is 0.0347. The van der Waals surface area contributed by atoms with E-state index in [4.69, 9.17) is 10.2 Å². The van der Waals surface area contributed by atoms with Gasteiger partial charge in [-0.2, -0.15) is 0 Å². The normalized spacial score (nSPS) is 9.10. The molecule has 0 aromatic heterocycles. The van der Waals surface area contributed by atoms with E-state index in [-0.39, 0.29) is 11.5 Å². The Morgan fingerprint density at radius 2 is 1.33 bits per heavy atom. The van der Waals surface area contributed by atoms with Gasteiger partial charge in [0.1, 0.15) is 11.5 Å². The van der Waals surface area contributed by atoms with Crippen LogP contribution in [-0.4, -0.2) is 36.8 Å². The van der Waals surface area contributed by atoms with Gasteiger partial charge in [-0.1, -0.05) is 24.3 Å². The second kappa shape index (κ2) is 11.2. The molecule has 0 spiro atoms. The highest BCUT2D eigenvalue weighted by Crippen LogP contribution is 2.12. The van der Waals surface area contributed by atoms with Crippen LogP contribution in [0.5, 0.6) is 11.5 Å². The highest BCUT2D eigenvalue weighted by Gasteiger charge is 1.93. The topological polar surface area (TPSA) is 95.9 Å².